The van der Waals surface area contributed by atoms with E-state index in [4.69, 9.17) is 22.8 Å². The third-order valence-electron chi connectivity index (χ3n) is 2.29. The summed E-state index contributed by atoms with van der Waals surface area (Å²) in [5, 5.41) is 4.03. The van der Waals surface area contributed by atoms with Crippen molar-refractivity contribution in [2.24, 2.45) is 0 Å². The molecule has 0 aliphatic rings. The highest BCUT2D eigenvalue weighted by Gasteiger charge is 2.07. The lowest BCUT2D eigenvalue weighted by Gasteiger charge is -2.16. The van der Waals surface area contributed by atoms with Gasteiger partial charge in [-0.25, -0.2) is 0 Å². The van der Waals surface area contributed by atoms with E-state index in [2.05, 4.69) is 18.2 Å². The number of rotatable bonds is 7. The summed E-state index contributed by atoms with van der Waals surface area (Å²) >= 11 is 5.88. The first kappa shape index (κ1) is 13.9. The van der Waals surface area contributed by atoms with Crippen LogP contribution < -0.4 is 10.1 Å². The lowest BCUT2D eigenvalue weighted by atomic mass is 10.2. The summed E-state index contributed by atoms with van der Waals surface area (Å²) in [4.78, 5) is 0. The molecule has 0 bridgehead atoms. The molecule has 17 heavy (non-hydrogen) atoms. The second-order valence-electron chi connectivity index (χ2n) is 3.83. The number of halogens is 1. The molecule has 1 N–H and O–H groups in total. The van der Waals surface area contributed by atoms with Crippen molar-refractivity contribution in [2.45, 2.75) is 25.8 Å². The molecule has 0 saturated carbocycles. The molecule has 0 heterocycles. The van der Waals surface area contributed by atoms with Crippen LogP contribution in [-0.2, 0) is 0 Å². The first-order chi connectivity index (χ1) is 8.26. The maximum atomic E-state index is 5.88. The summed E-state index contributed by atoms with van der Waals surface area (Å²) in [6.45, 7) is 3.63. The Kier molecular flexibility index (Phi) is 6.54. The SMILES string of the molecule is C#CCC(COc1cccc(Cl)c1)NCCC. The predicted molar refractivity (Wildman–Crippen MR) is 72.5 cm³/mol. The van der Waals surface area contributed by atoms with Gasteiger partial charge in [-0.15, -0.1) is 12.3 Å². The first-order valence-corrected chi connectivity index (χ1v) is 6.19. The van der Waals surface area contributed by atoms with Crippen LogP contribution in [0.25, 0.3) is 0 Å². The molecule has 0 aliphatic carbocycles. The summed E-state index contributed by atoms with van der Waals surface area (Å²) < 4.78 is 5.66. The predicted octanol–water partition coefficient (Wildman–Crippen LogP) is 3.11. The average molecular weight is 252 g/mol. The van der Waals surface area contributed by atoms with Crippen molar-refractivity contribution in [3.8, 4) is 18.1 Å². The van der Waals surface area contributed by atoms with Gasteiger partial charge in [0.15, 0.2) is 0 Å². The van der Waals surface area contributed by atoms with Crippen LogP contribution in [0.1, 0.15) is 19.8 Å². The van der Waals surface area contributed by atoms with E-state index in [1.807, 2.05) is 18.2 Å². The van der Waals surface area contributed by atoms with Crippen molar-refractivity contribution >= 4 is 11.6 Å². The quantitative estimate of drug-likeness (QED) is 0.752. The van der Waals surface area contributed by atoms with E-state index in [0.717, 1.165) is 18.7 Å². The molecule has 0 aromatic heterocycles. The molecule has 0 aliphatic heterocycles. The fraction of sp³-hybridized carbons (Fsp3) is 0.429. The highest BCUT2D eigenvalue weighted by molar-refractivity contribution is 6.30. The van der Waals surface area contributed by atoms with Gasteiger partial charge in [0, 0.05) is 11.4 Å². The lowest BCUT2D eigenvalue weighted by Crippen LogP contribution is -2.34. The zero-order valence-electron chi connectivity index (χ0n) is 10.1. The number of benzene rings is 1. The van der Waals surface area contributed by atoms with E-state index >= 15 is 0 Å². The molecule has 2 nitrogen and oxygen atoms in total. The van der Waals surface area contributed by atoms with Crippen LogP contribution in [-0.4, -0.2) is 19.2 Å². The van der Waals surface area contributed by atoms with Gasteiger partial charge in [0.05, 0.1) is 6.04 Å². The Morgan fingerprint density at radius 1 is 1.53 bits per heavy atom. The molecule has 0 saturated heterocycles. The zero-order chi connectivity index (χ0) is 12.5. The summed E-state index contributed by atoms with van der Waals surface area (Å²) in [6, 6.07) is 7.57. The number of hydrogen-bond donors (Lipinski definition) is 1. The number of hydrogen-bond acceptors (Lipinski definition) is 2. The lowest BCUT2D eigenvalue weighted by molar-refractivity contribution is 0.266. The highest BCUT2D eigenvalue weighted by atomic mass is 35.5. The number of terminal acetylenes is 1. The van der Waals surface area contributed by atoms with Crippen molar-refractivity contribution in [1.29, 1.82) is 0 Å². The molecule has 1 rings (SSSR count). The van der Waals surface area contributed by atoms with Gasteiger partial charge in [0.2, 0.25) is 0 Å². The van der Waals surface area contributed by atoms with Gasteiger partial charge in [-0.2, -0.15) is 0 Å². The maximum absolute atomic E-state index is 5.88. The van der Waals surface area contributed by atoms with E-state index in [-0.39, 0.29) is 6.04 Å². The van der Waals surface area contributed by atoms with Gasteiger partial charge in [0.1, 0.15) is 12.4 Å². The summed E-state index contributed by atoms with van der Waals surface area (Å²) in [5.74, 6) is 3.43. The fourth-order valence-corrected chi connectivity index (χ4v) is 1.61. The Balaban J connectivity index is 2.43. The molecule has 0 radical (unpaired) electrons. The van der Waals surface area contributed by atoms with E-state index in [1.165, 1.54) is 0 Å². The molecule has 1 unspecified atom stereocenters. The van der Waals surface area contributed by atoms with Crippen molar-refractivity contribution in [3.05, 3.63) is 29.3 Å². The highest BCUT2D eigenvalue weighted by Crippen LogP contribution is 2.17. The van der Waals surface area contributed by atoms with E-state index in [1.54, 1.807) is 6.07 Å². The Morgan fingerprint density at radius 3 is 3.00 bits per heavy atom. The minimum absolute atomic E-state index is 0.193. The van der Waals surface area contributed by atoms with Crippen LogP contribution >= 0.6 is 11.6 Å². The molecule has 0 spiro atoms. The minimum Gasteiger partial charge on any atom is -0.492 e. The molecule has 1 atom stereocenters. The average Bonchev–Trinajstić information content (AvgIpc) is 2.33. The third-order valence-corrected chi connectivity index (χ3v) is 2.53. The van der Waals surface area contributed by atoms with Crippen molar-refractivity contribution in [3.63, 3.8) is 0 Å². The second-order valence-corrected chi connectivity index (χ2v) is 4.26. The molecular formula is C14H18ClNO. The second kappa shape index (κ2) is 8.00. The van der Waals surface area contributed by atoms with Gasteiger partial charge < -0.3 is 10.1 Å². The normalized spacial score (nSPS) is 11.8. The largest absolute Gasteiger partial charge is 0.492 e. The molecule has 3 heteroatoms. The zero-order valence-corrected chi connectivity index (χ0v) is 10.8. The first-order valence-electron chi connectivity index (χ1n) is 5.81. The van der Waals surface area contributed by atoms with Crippen LogP contribution in [0.5, 0.6) is 5.75 Å². The maximum Gasteiger partial charge on any atom is 0.120 e. The van der Waals surface area contributed by atoms with Crippen LogP contribution in [0.2, 0.25) is 5.02 Å². The summed E-state index contributed by atoms with van der Waals surface area (Å²) in [5.41, 5.74) is 0. The molecule has 1 aromatic rings. The summed E-state index contributed by atoms with van der Waals surface area (Å²) in [6.07, 6.45) is 7.08. The van der Waals surface area contributed by atoms with Crippen LogP contribution in [0.3, 0.4) is 0 Å². The third kappa shape index (κ3) is 5.63. The van der Waals surface area contributed by atoms with Crippen LogP contribution in [0.15, 0.2) is 24.3 Å². The van der Waals surface area contributed by atoms with Gasteiger partial charge in [-0.3, -0.25) is 0 Å². The minimum atomic E-state index is 0.193. The van der Waals surface area contributed by atoms with Crippen LogP contribution in [0.4, 0.5) is 0 Å². The standard InChI is InChI=1S/C14H18ClNO/c1-3-6-13(16-9-4-2)11-17-14-8-5-7-12(15)10-14/h1,5,7-8,10,13,16H,4,6,9,11H2,2H3. The Labute approximate surface area is 108 Å². The smallest absolute Gasteiger partial charge is 0.120 e. The van der Waals surface area contributed by atoms with Crippen molar-refractivity contribution in [1.82, 2.24) is 5.32 Å². The Hall–Kier alpha value is -1.17. The van der Waals surface area contributed by atoms with Crippen molar-refractivity contribution in [2.75, 3.05) is 13.2 Å². The molecule has 0 amide bonds. The van der Waals surface area contributed by atoms with E-state index in [9.17, 15) is 0 Å². The molecule has 0 fully saturated rings. The number of ether oxygens (including phenoxy) is 1. The van der Waals surface area contributed by atoms with Gasteiger partial charge in [-0.05, 0) is 31.2 Å². The Morgan fingerprint density at radius 2 is 2.35 bits per heavy atom. The topological polar surface area (TPSA) is 21.3 Å². The van der Waals surface area contributed by atoms with E-state index < -0.39 is 0 Å². The van der Waals surface area contributed by atoms with Crippen LogP contribution in [0, 0.1) is 12.3 Å². The Bertz CT molecular complexity index is 373. The summed E-state index contributed by atoms with van der Waals surface area (Å²) in [7, 11) is 0. The van der Waals surface area contributed by atoms with Gasteiger partial charge >= 0.3 is 0 Å². The molecular weight excluding hydrogens is 234 g/mol. The monoisotopic (exact) mass is 251 g/mol. The molecule has 92 valence electrons. The van der Waals surface area contributed by atoms with Crippen molar-refractivity contribution < 1.29 is 4.74 Å². The number of nitrogens with one attached hydrogen (secondary N) is 1. The van der Waals surface area contributed by atoms with E-state index in [0.29, 0.717) is 18.1 Å². The molecule has 1 aromatic carbocycles. The van der Waals surface area contributed by atoms with Gasteiger partial charge in [-0.1, -0.05) is 24.6 Å². The fourth-order valence-electron chi connectivity index (χ4n) is 1.43. The van der Waals surface area contributed by atoms with Gasteiger partial charge in [0.25, 0.3) is 0 Å².